The Morgan fingerprint density at radius 1 is 1.24 bits per heavy atom. The van der Waals surface area contributed by atoms with Gasteiger partial charge in [0.25, 0.3) is 0 Å². The summed E-state index contributed by atoms with van der Waals surface area (Å²) in [6.07, 6.45) is 8.34. The minimum atomic E-state index is 0.217. The van der Waals surface area contributed by atoms with Crippen molar-refractivity contribution < 1.29 is 0 Å². The molecule has 2 nitrogen and oxygen atoms in total. The Hall–Kier alpha value is -0.340. The van der Waals surface area contributed by atoms with Crippen molar-refractivity contribution in [2.45, 2.75) is 64.5 Å². The van der Waals surface area contributed by atoms with Crippen molar-refractivity contribution in [3.8, 4) is 0 Å². The van der Waals surface area contributed by atoms with Crippen LogP contribution in [-0.2, 0) is 0 Å². The topological polar surface area (TPSA) is 15.3 Å². The van der Waals surface area contributed by atoms with Gasteiger partial charge in [0.05, 0.1) is 0 Å². The molecule has 1 N–H and O–H groups in total. The highest BCUT2D eigenvalue weighted by molar-refractivity contribution is 4.90. The smallest absolute Gasteiger partial charge is 0.0300 e. The zero-order valence-electron chi connectivity index (χ0n) is 12.6. The average Bonchev–Trinajstić information content (AvgIpc) is 2.27. The van der Waals surface area contributed by atoms with Crippen molar-refractivity contribution in [2.75, 3.05) is 20.6 Å². The summed E-state index contributed by atoms with van der Waals surface area (Å²) >= 11 is 0. The highest BCUT2D eigenvalue weighted by Gasteiger charge is 2.30. The van der Waals surface area contributed by atoms with Crippen LogP contribution in [0.15, 0.2) is 12.7 Å². The molecular formula is C15H32N2. The van der Waals surface area contributed by atoms with Gasteiger partial charge in [0, 0.05) is 11.6 Å². The van der Waals surface area contributed by atoms with E-state index in [1.807, 2.05) is 6.08 Å². The number of hydrogen-bond donors (Lipinski definition) is 1. The molecule has 0 rings (SSSR count). The monoisotopic (exact) mass is 240 g/mol. The lowest BCUT2D eigenvalue weighted by molar-refractivity contribution is 0.131. The maximum Gasteiger partial charge on any atom is 0.0300 e. The first-order valence-electron chi connectivity index (χ1n) is 6.98. The predicted molar refractivity (Wildman–Crippen MR) is 78.5 cm³/mol. The lowest BCUT2D eigenvalue weighted by Gasteiger charge is -2.40. The quantitative estimate of drug-likeness (QED) is 0.465. The molecule has 0 fully saturated rings. The third-order valence-electron chi connectivity index (χ3n) is 3.86. The van der Waals surface area contributed by atoms with Crippen molar-refractivity contribution in [1.29, 1.82) is 0 Å². The molecule has 0 aliphatic heterocycles. The largest absolute Gasteiger partial charge is 0.312 e. The molecule has 0 aromatic carbocycles. The SMILES string of the molecule is C=CCCCCCC(NCC)C(C)(C)N(C)C. The lowest BCUT2D eigenvalue weighted by Crippen LogP contribution is -2.55. The second-order valence-electron chi connectivity index (χ2n) is 5.59. The summed E-state index contributed by atoms with van der Waals surface area (Å²) in [7, 11) is 4.34. The Morgan fingerprint density at radius 2 is 1.88 bits per heavy atom. The molecule has 0 aromatic rings. The van der Waals surface area contributed by atoms with E-state index in [1.165, 1.54) is 25.7 Å². The molecule has 0 radical (unpaired) electrons. The average molecular weight is 240 g/mol. The van der Waals surface area contributed by atoms with E-state index in [2.05, 4.69) is 51.7 Å². The summed E-state index contributed by atoms with van der Waals surface area (Å²) in [5.41, 5.74) is 0.217. The number of unbranched alkanes of at least 4 members (excludes halogenated alkanes) is 3. The van der Waals surface area contributed by atoms with Gasteiger partial charge < -0.3 is 10.2 Å². The summed E-state index contributed by atoms with van der Waals surface area (Å²) in [5.74, 6) is 0. The summed E-state index contributed by atoms with van der Waals surface area (Å²) in [5, 5.41) is 3.63. The van der Waals surface area contributed by atoms with Gasteiger partial charge in [0.2, 0.25) is 0 Å². The van der Waals surface area contributed by atoms with Gasteiger partial charge in [0.15, 0.2) is 0 Å². The molecule has 2 heteroatoms. The Balaban J connectivity index is 4.10. The van der Waals surface area contributed by atoms with Gasteiger partial charge in [0.1, 0.15) is 0 Å². The standard InChI is InChI=1S/C15H32N2/c1-7-9-10-11-12-13-14(16-8-2)15(3,4)17(5)6/h7,14,16H,1,8-13H2,2-6H3. The molecular weight excluding hydrogens is 208 g/mol. The summed E-state index contributed by atoms with van der Waals surface area (Å²) < 4.78 is 0. The van der Waals surface area contributed by atoms with Crippen LogP contribution >= 0.6 is 0 Å². The molecule has 0 heterocycles. The highest BCUT2D eigenvalue weighted by Crippen LogP contribution is 2.20. The van der Waals surface area contributed by atoms with Crippen LogP contribution in [0.2, 0.25) is 0 Å². The van der Waals surface area contributed by atoms with Crippen LogP contribution in [0.4, 0.5) is 0 Å². The number of rotatable bonds is 10. The first-order valence-corrected chi connectivity index (χ1v) is 6.98. The lowest BCUT2D eigenvalue weighted by atomic mass is 9.89. The van der Waals surface area contributed by atoms with E-state index in [9.17, 15) is 0 Å². The van der Waals surface area contributed by atoms with E-state index in [0.717, 1.165) is 13.0 Å². The first-order chi connectivity index (χ1) is 7.96. The zero-order chi connectivity index (χ0) is 13.3. The summed E-state index contributed by atoms with van der Waals surface area (Å²) in [6, 6.07) is 0.575. The van der Waals surface area contributed by atoms with E-state index in [4.69, 9.17) is 0 Å². The van der Waals surface area contributed by atoms with Crippen molar-refractivity contribution in [3.63, 3.8) is 0 Å². The Labute approximate surface area is 108 Å². The third kappa shape index (κ3) is 6.23. The van der Waals surface area contributed by atoms with E-state index in [0.29, 0.717) is 6.04 Å². The maximum atomic E-state index is 3.77. The molecule has 1 unspecified atom stereocenters. The van der Waals surface area contributed by atoms with Crippen LogP contribution < -0.4 is 5.32 Å². The second-order valence-corrected chi connectivity index (χ2v) is 5.59. The Bertz CT molecular complexity index is 197. The van der Waals surface area contributed by atoms with Crippen LogP contribution in [0.5, 0.6) is 0 Å². The third-order valence-corrected chi connectivity index (χ3v) is 3.86. The summed E-state index contributed by atoms with van der Waals surface area (Å²) in [6.45, 7) is 11.7. The Kier molecular flexibility index (Phi) is 8.53. The normalized spacial score (nSPS) is 14.0. The molecule has 0 aliphatic rings. The van der Waals surface area contributed by atoms with E-state index in [-0.39, 0.29) is 5.54 Å². The van der Waals surface area contributed by atoms with Gasteiger partial charge in [-0.3, -0.25) is 0 Å². The molecule has 17 heavy (non-hydrogen) atoms. The molecule has 0 spiro atoms. The minimum Gasteiger partial charge on any atom is -0.312 e. The highest BCUT2D eigenvalue weighted by atomic mass is 15.2. The maximum absolute atomic E-state index is 3.77. The molecule has 102 valence electrons. The minimum absolute atomic E-state index is 0.217. The van der Waals surface area contributed by atoms with Crippen LogP contribution in [0.1, 0.15) is 52.9 Å². The fraction of sp³-hybridized carbons (Fsp3) is 0.867. The van der Waals surface area contributed by atoms with E-state index >= 15 is 0 Å². The van der Waals surface area contributed by atoms with Gasteiger partial charge in [-0.15, -0.1) is 6.58 Å². The fourth-order valence-electron chi connectivity index (χ4n) is 2.08. The van der Waals surface area contributed by atoms with Gasteiger partial charge in [-0.2, -0.15) is 0 Å². The van der Waals surface area contributed by atoms with Crippen molar-refractivity contribution >= 4 is 0 Å². The second kappa shape index (κ2) is 8.71. The number of allylic oxidation sites excluding steroid dienone is 1. The molecule has 0 saturated carbocycles. The number of nitrogens with one attached hydrogen (secondary N) is 1. The van der Waals surface area contributed by atoms with Gasteiger partial charge >= 0.3 is 0 Å². The molecule has 0 aromatic heterocycles. The molecule has 0 saturated heterocycles. The van der Waals surface area contributed by atoms with Crippen molar-refractivity contribution in [2.24, 2.45) is 0 Å². The molecule has 0 bridgehead atoms. The van der Waals surface area contributed by atoms with Crippen molar-refractivity contribution in [3.05, 3.63) is 12.7 Å². The van der Waals surface area contributed by atoms with E-state index < -0.39 is 0 Å². The Morgan fingerprint density at radius 3 is 2.35 bits per heavy atom. The number of likely N-dealkylation sites (N-methyl/N-ethyl adjacent to an activating group) is 2. The molecule has 0 amide bonds. The van der Waals surface area contributed by atoms with Crippen molar-refractivity contribution in [1.82, 2.24) is 10.2 Å². The van der Waals surface area contributed by atoms with Gasteiger partial charge in [-0.25, -0.2) is 0 Å². The number of nitrogens with zero attached hydrogens (tertiary/aromatic N) is 1. The van der Waals surface area contributed by atoms with Crippen LogP contribution in [0.3, 0.4) is 0 Å². The first kappa shape index (κ1) is 16.7. The fourth-order valence-corrected chi connectivity index (χ4v) is 2.08. The zero-order valence-corrected chi connectivity index (χ0v) is 12.6. The van der Waals surface area contributed by atoms with Gasteiger partial charge in [-0.05, 0) is 53.8 Å². The van der Waals surface area contributed by atoms with Gasteiger partial charge in [-0.1, -0.05) is 25.8 Å². The van der Waals surface area contributed by atoms with E-state index in [1.54, 1.807) is 0 Å². The van der Waals surface area contributed by atoms with Crippen LogP contribution in [0.25, 0.3) is 0 Å². The predicted octanol–water partition coefficient (Wildman–Crippen LogP) is 3.44. The molecule has 1 atom stereocenters. The summed E-state index contributed by atoms with van der Waals surface area (Å²) in [4.78, 5) is 2.32. The number of hydrogen-bond acceptors (Lipinski definition) is 2. The van der Waals surface area contributed by atoms with Crippen LogP contribution in [-0.4, -0.2) is 37.1 Å². The molecule has 0 aliphatic carbocycles. The van der Waals surface area contributed by atoms with Crippen LogP contribution in [0, 0.1) is 0 Å².